The van der Waals surface area contributed by atoms with Crippen molar-refractivity contribution in [1.29, 1.82) is 0 Å². The molecule has 1 amide bonds. The number of hydrogen-bond donors (Lipinski definition) is 21. The Morgan fingerprint density at radius 3 is 1.31 bits per heavy atom. The van der Waals surface area contributed by atoms with Gasteiger partial charge in [-0.05, 0) is 13.8 Å². The number of carboxylic acids is 1. The van der Waals surface area contributed by atoms with Gasteiger partial charge in [-0.2, -0.15) is 8.42 Å². The molecule has 0 aromatic carbocycles. The number of aliphatic hydroxyl groups is 18. The van der Waals surface area contributed by atoms with E-state index in [0.29, 0.717) is 0 Å². The van der Waals surface area contributed by atoms with Crippen LogP contribution in [-0.2, 0) is 85.8 Å². The van der Waals surface area contributed by atoms with Crippen molar-refractivity contribution in [2.45, 2.75) is 236 Å². The van der Waals surface area contributed by atoms with E-state index >= 15 is 0 Å². The number of amides is 1. The summed E-state index contributed by atoms with van der Waals surface area (Å²) in [6, 6.07) is -1.72. The van der Waals surface area contributed by atoms with Gasteiger partial charge in [0.2, 0.25) is 5.91 Å². The molecule has 0 radical (unpaired) electrons. The summed E-state index contributed by atoms with van der Waals surface area (Å²) < 4.78 is 113. The molecule has 0 spiro atoms. The van der Waals surface area contributed by atoms with E-state index in [1.165, 1.54) is 13.8 Å². The fourth-order valence-electron chi connectivity index (χ4n) is 10.5. The number of ether oxygens (including phenoxy) is 13. The van der Waals surface area contributed by atoms with E-state index < -0.39 is 264 Å². The molecule has 0 saturated carbocycles. The summed E-state index contributed by atoms with van der Waals surface area (Å²) in [5, 5.41) is 210. The van der Waals surface area contributed by atoms with Crippen molar-refractivity contribution in [3.8, 4) is 0 Å². The smallest absolute Gasteiger partial charge is 0.397 e. The summed E-state index contributed by atoms with van der Waals surface area (Å²) in [7, 11) is -5.69. The van der Waals surface area contributed by atoms with E-state index in [9.17, 15) is 120 Å². The Morgan fingerprint density at radius 1 is 0.405 bits per heavy atom. The SMILES string of the molecule is CC(=O)N[C@H]1C(O)O[C@H](CO)[C@H](O)[C@@H]1O[C@@H]1O[C@H](CO)[C@H](O[C@@H]2O[C@H](CO)[C@H](O[C@@H]3O[C@H](CO)[C@H](O)[C@H](O)[C@H]3O[C@@H]3O[C@@H](C)[C@@H](O)[C@@H](O)[C@@H]3O)[C@H](O[C@@H]3O[C@H](C(=O)O)[C@@H](O)C(OS(=O)(=O)O)[C@H]3O)[C@H]2O)[C@H](O)[C@H]1O[C@@H]1O[C@@H](C)[C@@H](O)[C@@H](O)[C@@H]1O. The Labute approximate surface area is 474 Å². The van der Waals surface area contributed by atoms with Crippen LogP contribution in [0, 0.1) is 0 Å². The number of carbonyl (C=O) groups excluding carboxylic acids is 1. The van der Waals surface area contributed by atoms with E-state index in [1.54, 1.807) is 0 Å². The third kappa shape index (κ3) is 14.7. The minimum absolute atomic E-state index is 0.835. The molecule has 488 valence electrons. The number of nitrogens with one attached hydrogen (secondary N) is 1. The minimum Gasteiger partial charge on any atom is -0.479 e. The highest BCUT2D eigenvalue weighted by Gasteiger charge is 2.60. The summed E-state index contributed by atoms with van der Waals surface area (Å²) in [5.41, 5.74) is 0. The average molecular weight is 1260 g/mol. The molecule has 0 aromatic rings. The van der Waals surface area contributed by atoms with Crippen molar-refractivity contribution < 1.29 is 185 Å². The zero-order valence-electron chi connectivity index (χ0n) is 44.2. The molecule has 7 heterocycles. The third-order valence-corrected chi connectivity index (χ3v) is 15.5. The lowest BCUT2D eigenvalue weighted by Gasteiger charge is -2.52. The minimum atomic E-state index is -5.69. The van der Waals surface area contributed by atoms with Crippen molar-refractivity contribution in [1.82, 2.24) is 5.32 Å². The zero-order valence-corrected chi connectivity index (χ0v) is 45.1. The third-order valence-electron chi connectivity index (χ3n) is 15.0. The Morgan fingerprint density at radius 2 is 0.810 bits per heavy atom. The second kappa shape index (κ2) is 28.6. The predicted octanol–water partition coefficient (Wildman–Crippen LogP) is -14.2. The molecule has 7 fully saturated rings. The molecule has 7 aliphatic rings. The quantitative estimate of drug-likeness (QED) is 0.0503. The predicted molar refractivity (Wildman–Crippen MR) is 252 cm³/mol. The van der Waals surface area contributed by atoms with Crippen LogP contribution in [0.25, 0.3) is 0 Å². The molecule has 21 N–H and O–H groups in total. The molecule has 2 unspecified atom stereocenters. The second-order valence-corrected chi connectivity index (χ2v) is 21.9. The molecule has 0 aliphatic carbocycles. The van der Waals surface area contributed by atoms with Crippen LogP contribution in [0.5, 0.6) is 0 Å². The lowest BCUT2D eigenvalue weighted by atomic mass is 9.94. The van der Waals surface area contributed by atoms with Gasteiger partial charge in [-0.15, -0.1) is 0 Å². The van der Waals surface area contributed by atoms with Crippen LogP contribution in [-0.4, -0.2) is 363 Å². The first-order chi connectivity index (χ1) is 39.4. The number of carbonyl (C=O) groups is 2. The largest absolute Gasteiger partial charge is 0.479 e. The van der Waals surface area contributed by atoms with Crippen LogP contribution >= 0.6 is 0 Å². The van der Waals surface area contributed by atoms with Gasteiger partial charge in [-0.25, -0.2) is 8.98 Å². The maximum absolute atomic E-state index is 12.4. The van der Waals surface area contributed by atoms with E-state index in [4.69, 9.17) is 61.6 Å². The molecule has 7 rings (SSSR count). The Bertz CT molecular complexity index is 2250. The monoisotopic (exact) mass is 1260 g/mol. The van der Waals surface area contributed by atoms with Crippen LogP contribution in [0.4, 0.5) is 0 Å². The van der Waals surface area contributed by atoms with Crippen molar-refractivity contribution >= 4 is 22.3 Å². The van der Waals surface area contributed by atoms with E-state index in [1.807, 2.05) is 0 Å². The van der Waals surface area contributed by atoms with Gasteiger partial charge in [0.1, 0.15) is 153 Å². The Hall–Kier alpha value is -2.43. The number of hydrogen-bond acceptors (Lipinski definition) is 36. The first kappa shape index (κ1) is 69.1. The summed E-state index contributed by atoms with van der Waals surface area (Å²) in [5.74, 6) is -2.93. The van der Waals surface area contributed by atoms with Gasteiger partial charge in [0.05, 0.1) is 38.6 Å². The number of carboxylic acid groups (broad SMARTS) is 1. The molecular weight excluding hydrogens is 1180 g/mol. The first-order valence-corrected chi connectivity index (χ1v) is 27.4. The standard InChI is InChI=1S/C44H73NO38S/c1-8-16(51)20(55)23(58)39(70-8)81-35-22(57)18(53)11(4-46)73-43(35)77-30-14(7-49)74-41(28(63)33(30)79-42-27(62)32(83-84(67,68)69)26(61)34(80-42)37(64)65)76-29-13(6-48)75-44(36(25(29)60)82-40-24(59)21(56)17(52)9(2)71-40)78-31-15(45-10(3)50)38(66)72-12(5-47)19(31)54/h8-9,11-36,38-44,46-49,51-63,66H,4-7H2,1-3H3,(H,45,50)(H,64,65)(H,67,68,69)/t8-,9-,11+,12+,13+,14+,15+,16+,17+,18-,19-,20+,21+,22-,23-,24-,25-,26-,27+,28+,29-,30-,31+,32?,33+,34-,35+,36+,38?,39-,40-,41-,42+,43-,44-/m0/s1. The molecule has 0 aromatic heterocycles. The highest BCUT2D eigenvalue weighted by Crippen LogP contribution is 2.40. The highest BCUT2D eigenvalue weighted by atomic mass is 32.3. The highest BCUT2D eigenvalue weighted by molar-refractivity contribution is 7.80. The van der Waals surface area contributed by atoms with Gasteiger partial charge in [0, 0.05) is 6.92 Å². The zero-order chi connectivity index (χ0) is 62.3. The Balaban J connectivity index is 1.27. The maximum Gasteiger partial charge on any atom is 0.397 e. The van der Waals surface area contributed by atoms with E-state index in [0.717, 1.165) is 6.92 Å². The van der Waals surface area contributed by atoms with Gasteiger partial charge in [-0.3, -0.25) is 9.35 Å². The fraction of sp³-hybridized carbons (Fsp3) is 0.955. The average Bonchev–Trinajstić information content (AvgIpc) is 3.48. The lowest BCUT2D eigenvalue weighted by Crippen LogP contribution is -2.70. The molecule has 0 bridgehead atoms. The number of aliphatic carboxylic acids is 1. The van der Waals surface area contributed by atoms with E-state index in [-0.39, 0.29) is 0 Å². The first-order valence-electron chi connectivity index (χ1n) is 26.0. The maximum atomic E-state index is 12.4. The molecule has 7 aliphatic heterocycles. The van der Waals surface area contributed by atoms with Crippen molar-refractivity contribution in [2.24, 2.45) is 0 Å². The van der Waals surface area contributed by atoms with E-state index in [2.05, 4.69) is 9.50 Å². The topological polar surface area (TPSA) is 614 Å². The summed E-state index contributed by atoms with van der Waals surface area (Å²) in [4.78, 5) is 24.7. The lowest BCUT2D eigenvalue weighted by molar-refractivity contribution is -0.414. The van der Waals surface area contributed by atoms with Gasteiger partial charge < -0.3 is 164 Å². The molecule has 35 atom stereocenters. The molecule has 7 saturated heterocycles. The van der Waals surface area contributed by atoms with Crippen LogP contribution < -0.4 is 5.32 Å². The van der Waals surface area contributed by atoms with Gasteiger partial charge in [0.15, 0.2) is 50.1 Å². The summed E-state index contributed by atoms with van der Waals surface area (Å²) in [6.45, 7) is -1.19. The van der Waals surface area contributed by atoms with Crippen LogP contribution in [0.15, 0.2) is 0 Å². The fourth-order valence-corrected chi connectivity index (χ4v) is 11.0. The second-order valence-electron chi connectivity index (χ2n) is 20.8. The number of rotatable bonds is 20. The van der Waals surface area contributed by atoms with Gasteiger partial charge in [0.25, 0.3) is 0 Å². The van der Waals surface area contributed by atoms with Crippen molar-refractivity contribution in [2.75, 3.05) is 26.4 Å². The molecule has 39 nitrogen and oxygen atoms in total. The molecule has 40 heteroatoms. The number of aliphatic hydroxyl groups excluding tert-OH is 18. The van der Waals surface area contributed by atoms with Crippen LogP contribution in [0.1, 0.15) is 20.8 Å². The van der Waals surface area contributed by atoms with Crippen LogP contribution in [0.2, 0.25) is 0 Å². The van der Waals surface area contributed by atoms with Crippen molar-refractivity contribution in [3.63, 3.8) is 0 Å². The summed E-state index contributed by atoms with van der Waals surface area (Å²) in [6.07, 6.45) is -73.0. The normalized spacial score (nSPS) is 50.6. The molecular formula is C44H73NO38S. The Kier molecular flexibility index (Phi) is 23.5. The van der Waals surface area contributed by atoms with Gasteiger partial charge >= 0.3 is 16.4 Å². The van der Waals surface area contributed by atoms with Crippen LogP contribution in [0.3, 0.4) is 0 Å². The summed E-state index contributed by atoms with van der Waals surface area (Å²) >= 11 is 0. The molecule has 84 heavy (non-hydrogen) atoms. The van der Waals surface area contributed by atoms with Gasteiger partial charge in [-0.1, -0.05) is 0 Å². The van der Waals surface area contributed by atoms with Crippen molar-refractivity contribution in [3.05, 3.63) is 0 Å².